The van der Waals surface area contributed by atoms with Crippen molar-refractivity contribution in [2.75, 3.05) is 19.0 Å². The number of nitrogens with two attached hydrogens (primary N) is 1. The predicted octanol–water partition coefficient (Wildman–Crippen LogP) is -1.50. The summed E-state index contributed by atoms with van der Waals surface area (Å²) in [5.41, 5.74) is 5.10. The molecule has 0 aliphatic heterocycles. The molecule has 0 aliphatic carbocycles. The summed E-state index contributed by atoms with van der Waals surface area (Å²) >= 11 is 0. The summed E-state index contributed by atoms with van der Waals surface area (Å²) in [5.74, 6) is -1.06. The van der Waals surface area contributed by atoms with Crippen LogP contribution in [0.3, 0.4) is 0 Å². The van der Waals surface area contributed by atoms with Gasteiger partial charge in [0.1, 0.15) is 0 Å². The predicted molar refractivity (Wildman–Crippen MR) is 50.0 cm³/mol. The van der Waals surface area contributed by atoms with Crippen LogP contribution in [0.25, 0.3) is 0 Å². The Bertz CT molecular complexity index is 386. The molecule has 0 aromatic carbocycles. The van der Waals surface area contributed by atoms with Gasteiger partial charge < -0.3 is 10.5 Å². The highest BCUT2D eigenvalue weighted by molar-refractivity contribution is 5.91. The van der Waals surface area contributed by atoms with Crippen molar-refractivity contribution in [1.29, 1.82) is 0 Å². The van der Waals surface area contributed by atoms with Gasteiger partial charge in [-0.15, -0.1) is 5.10 Å². The SMILES string of the molecule is COC(=O)c1nc(NC(=O)CN)n(C)n1. The first-order chi connectivity index (χ1) is 7.08. The number of methoxy groups -OCH3 is 1. The van der Waals surface area contributed by atoms with E-state index in [4.69, 9.17) is 5.73 Å². The highest BCUT2D eigenvalue weighted by Crippen LogP contribution is 2.03. The molecular weight excluding hydrogens is 202 g/mol. The summed E-state index contributed by atoms with van der Waals surface area (Å²) in [6, 6.07) is 0. The maximum Gasteiger partial charge on any atom is 0.378 e. The zero-order valence-corrected chi connectivity index (χ0v) is 8.35. The summed E-state index contributed by atoms with van der Waals surface area (Å²) < 4.78 is 5.67. The topological polar surface area (TPSA) is 112 Å². The summed E-state index contributed by atoms with van der Waals surface area (Å²) in [7, 11) is 2.75. The van der Waals surface area contributed by atoms with Crippen molar-refractivity contribution in [3.8, 4) is 0 Å². The fourth-order valence-corrected chi connectivity index (χ4v) is 0.847. The van der Waals surface area contributed by atoms with E-state index in [0.717, 1.165) is 0 Å². The lowest BCUT2D eigenvalue weighted by atomic mass is 10.6. The van der Waals surface area contributed by atoms with E-state index in [0.29, 0.717) is 0 Å². The normalized spacial score (nSPS) is 9.80. The van der Waals surface area contributed by atoms with Crippen LogP contribution in [0.2, 0.25) is 0 Å². The standard InChI is InChI=1S/C7H11N5O3/c1-12-7(9-4(13)3-8)10-5(11-12)6(14)15-2/h3,8H2,1-2H3,(H,9,10,11,13). The molecule has 8 nitrogen and oxygen atoms in total. The van der Waals surface area contributed by atoms with Crippen LogP contribution in [0.4, 0.5) is 5.95 Å². The van der Waals surface area contributed by atoms with Gasteiger partial charge in [0, 0.05) is 7.05 Å². The molecule has 0 bridgehead atoms. The van der Waals surface area contributed by atoms with Gasteiger partial charge in [0.2, 0.25) is 11.9 Å². The fourth-order valence-electron chi connectivity index (χ4n) is 0.847. The third-order valence-corrected chi connectivity index (χ3v) is 1.57. The van der Waals surface area contributed by atoms with Gasteiger partial charge in [-0.3, -0.25) is 10.1 Å². The van der Waals surface area contributed by atoms with Gasteiger partial charge in [0.05, 0.1) is 13.7 Å². The van der Waals surface area contributed by atoms with Crippen molar-refractivity contribution in [3.63, 3.8) is 0 Å². The lowest BCUT2D eigenvalue weighted by molar-refractivity contribution is -0.115. The molecule has 8 heteroatoms. The second-order valence-corrected chi connectivity index (χ2v) is 2.63. The quantitative estimate of drug-likeness (QED) is 0.591. The summed E-state index contributed by atoms with van der Waals surface area (Å²) in [6.45, 7) is -0.166. The molecule has 0 spiro atoms. The van der Waals surface area contributed by atoms with Crippen LogP contribution in [0.5, 0.6) is 0 Å². The lowest BCUT2D eigenvalue weighted by Gasteiger charge is -1.99. The first kappa shape index (κ1) is 11.1. The van der Waals surface area contributed by atoms with Crippen molar-refractivity contribution < 1.29 is 14.3 Å². The first-order valence-corrected chi connectivity index (χ1v) is 4.07. The van der Waals surface area contributed by atoms with Gasteiger partial charge in [0.25, 0.3) is 5.82 Å². The molecule has 0 fully saturated rings. The van der Waals surface area contributed by atoms with E-state index >= 15 is 0 Å². The Morgan fingerprint density at radius 3 is 2.80 bits per heavy atom. The number of hydrogen-bond donors (Lipinski definition) is 2. The molecule has 0 atom stereocenters. The molecule has 1 heterocycles. The third-order valence-electron chi connectivity index (χ3n) is 1.57. The highest BCUT2D eigenvalue weighted by Gasteiger charge is 2.15. The van der Waals surface area contributed by atoms with E-state index in [2.05, 4.69) is 20.1 Å². The molecule has 1 amide bonds. The monoisotopic (exact) mass is 213 g/mol. The number of esters is 1. The first-order valence-electron chi connectivity index (χ1n) is 4.07. The fraction of sp³-hybridized carbons (Fsp3) is 0.429. The Balaban J connectivity index is 2.86. The number of rotatable bonds is 3. The maximum atomic E-state index is 11.0. The van der Waals surface area contributed by atoms with Crippen LogP contribution < -0.4 is 11.1 Å². The third kappa shape index (κ3) is 2.50. The molecule has 0 saturated heterocycles. The Hall–Kier alpha value is -1.96. The van der Waals surface area contributed by atoms with Gasteiger partial charge in [-0.1, -0.05) is 0 Å². The highest BCUT2D eigenvalue weighted by atomic mass is 16.5. The van der Waals surface area contributed by atoms with Crippen LogP contribution >= 0.6 is 0 Å². The number of aryl methyl sites for hydroxylation is 1. The minimum absolute atomic E-state index is 0.118. The van der Waals surface area contributed by atoms with Crippen molar-refractivity contribution in [2.24, 2.45) is 12.8 Å². The van der Waals surface area contributed by atoms with E-state index in [1.54, 1.807) is 0 Å². The second kappa shape index (κ2) is 4.51. The molecule has 0 radical (unpaired) electrons. The van der Waals surface area contributed by atoms with E-state index < -0.39 is 11.9 Å². The van der Waals surface area contributed by atoms with Gasteiger partial charge in [-0.25, -0.2) is 9.48 Å². The van der Waals surface area contributed by atoms with E-state index in [-0.39, 0.29) is 18.3 Å². The average Bonchev–Trinajstić information content (AvgIpc) is 2.59. The molecule has 1 aromatic rings. The van der Waals surface area contributed by atoms with Gasteiger partial charge in [0.15, 0.2) is 0 Å². The molecule has 15 heavy (non-hydrogen) atoms. The molecule has 1 rings (SSSR count). The van der Waals surface area contributed by atoms with E-state index in [9.17, 15) is 9.59 Å². The molecule has 0 unspecified atom stereocenters. The summed E-state index contributed by atoms with van der Waals surface area (Å²) in [6.07, 6.45) is 0. The van der Waals surface area contributed by atoms with Crippen molar-refractivity contribution in [1.82, 2.24) is 14.8 Å². The Labute approximate surface area is 85.4 Å². The van der Waals surface area contributed by atoms with Gasteiger partial charge in [-0.05, 0) is 0 Å². The minimum atomic E-state index is -0.668. The largest absolute Gasteiger partial charge is 0.463 e. The smallest absolute Gasteiger partial charge is 0.378 e. The van der Waals surface area contributed by atoms with Crippen molar-refractivity contribution in [3.05, 3.63) is 5.82 Å². The average molecular weight is 213 g/mol. The van der Waals surface area contributed by atoms with Gasteiger partial charge in [-0.2, -0.15) is 4.98 Å². The maximum absolute atomic E-state index is 11.0. The number of hydrogen-bond acceptors (Lipinski definition) is 6. The molecule has 0 saturated carbocycles. The number of amides is 1. The molecular formula is C7H11N5O3. The number of aromatic nitrogens is 3. The van der Waals surface area contributed by atoms with Crippen LogP contribution in [0.15, 0.2) is 0 Å². The Morgan fingerprint density at radius 1 is 1.60 bits per heavy atom. The number of carbonyl (C=O) groups excluding carboxylic acids is 2. The van der Waals surface area contributed by atoms with Crippen LogP contribution in [0.1, 0.15) is 10.6 Å². The number of ether oxygens (including phenoxy) is 1. The molecule has 0 aliphatic rings. The van der Waals surface area contributed by atoms with Crippen LogP contribution in [0, 0.1) is 0 Å². The van der Waals surface area contributed by atoms with Crippen LogP contribution in [-0.2, 0) is 16.6 Å². The number of carbonyl (C=O) groups is 2. The number of nitrogens with one attached hydrogen (secondary N) is 1. The Kier molecular flexibility index (Phi) is 3.34. The van der Waals surface area contributed by atoms with Crippen molar-refractivity contribution in [2.45, 2.75) is 0 Å². The minimum Gasteiger partial charge on any atom is -0.463 e. The second-order valence-electron chi connectivity index (χ2n) is 2.63. The van der Waals surface area contributed by atoms with E-state index in [1.807, 2.05) is 0 Å². The van der Waals surface area contributed by atoms with Crippen LogP contribution in [-0.4, -0.2) is 40.3 Å². The van der Waals surface area contributed by atoms with Crippen molar-refractivity contribution >= 4 is 17.8 Å². The molecule has 1 aromatic heterocycles. The van der Waals surface area contributed by atoms with E-state index in [1.165, 1.54) is 18.8 Å². The number of anilines is 1. The zero-order valence-electron chi connectivity index (χ0n) is 8.35. The summed E-state index contributed by atoms with van der Waals surface area (Å²) in [5, 5.41) is 6.12. The van der Waals surface area contributed by atoms with Gasteiger partial charge >= 0.3 is 5.97 Å². The molecule has 3 N–H and O–H groups in total. The number of nitrogens with zero attached hydrogens (tertiary/aromatic N) is 3. The molecule has 82 valence electrons. The lowest BCUT2D eigenvalue weighted by Crippen LogP contribution is -2.23. The Morgan fingerprint density at radius 2 is 2.27 bits per heavy atom. The zero-order chi connectivity index (χ0) is 11.4. The summed E-state index contributed by atoms with van der Waals surface area (Å²) in [4.78, 5) is 25.7.